The Morgan fingerprint density at radius 1 is 1.00 bits per heavy atom. The summed E-state index contributed by atoms with van der Waals surface area (Å²) in [5, 5.41) is 9.80. The molecule has 1 atom stereocenters. The van der Waals surface area contributed by atoms with Crippen molar-refractivity contribution in [3.63, 3.8) is 0 Å². The van der Waals surface area contributed by atoms with Gasteiger partial charge in [0, 0.05) is 19.5 Å². The summed E-state index contributed by atoms with van der Waals surface area (Å²) in [6.45, 7) is 6.71. The Kier molecular flexibility index (Phi) is 9.46. The zero-order valence-electron chi connectivity index (χ0n) is 20.4. The second-order valence-corrected chi connectivity index (χ2v) is 9.54. The number of amides is 1. The average molecular weight is 478 g/mol. The lowest BCUT2D eigenvalue weighted by atomic mass is 9.89. The topological polar surface area (TPSA) is 119 Å². The van der Waals surface area contributed by atoms with Crippen LogP contribution in [-0.4, -0.2) is 65.4 Å². The maximum Gasteiger partial charge on any atom is 0.410 e. The van der Waals surface area contributed by atoms with Gasteiger partial charge in [-0.25, -0.2) is 19.2 Å². The molecule has 188 valence electrons. The Morgan fingerprint density at radius 2 is 1.62 bits per heavy atom. The van der Waals surface area contributed by atoms with Gasteiger partial charge in [-0.05, 0) is 58.1 Å². The predicted molar refractivity (Wildman–Crippen MR) is 123 cm³/mol. The largest absolute Gasteiger partial charge is 0.478 e. The molecule has 0 unspecified atom stereocenters. The fraction of sp³-hybridized carbons (Fsp3) is 0.600. The second kappa shape index (κ2) is 11.9. The smallest absolute Gasteiger partial charge is 0.410 e. The van der Waals surface area contributed by atoms with Crippen molar-refractivity contribution in [1.29, 1.82) is 0 Å². The number of piperidine rings is 1. The maximum atomic E-state index is 12.5. The third-order valence-corrected chi connectivity index (χ3v) is 5.79. The Hall–Kier alpha value is -3.10. The minimum absolute atomic E-state index is 0.147. The molecule has 1 amide bonds. The van der Waals surface area contributed by atoms with Crippen LogP contribution in [0.3, 0.4) is 0 Å². The molecule has 2 rings (SSSR count). The maximum absolute atomic E-state index is 12.5. The number of hydrogen-bond acceptors (Lipinski definition) is 7. The third kappa shape index (κ3) is 7.46. The van der Waals surface area contributed by atoms with Crippen molar-refractivity contribution in [2.75, 3.05) is 20.2 Å². The third-order valence-electron chi connectivity index (χ3n) is 5.79. The van der Waals surface area contributed by atoms with Crippen LogP contribution in [0.25, 0.3) is 0 Å². The van der Waals surface area contributed by atoms with Gasteiger partial charge in [0.15, 0.2) is 0 Å². The fourth-order valence-corrected chi connectivity index (χ4v) is 3.93. The number of aliphatic carboxylic acids is 1. The lowest BCUT2D eigenvalue weighted by molar-refractivity contribution is -0.179. The number of carbonyl (C=O) groups is 4. The number of esters is 2. The van der Waals surface area contributed by atoms with Gasteiger partial charge in [-0.2, -0.15) is 0 Å². The summed E-state index contributed by atoms with van der Waals surface area (Å²) < 4.78 is 15.3. The van der Waals surface area contributed by atoms with E-state index in [0.717, 1.165) is 26.4 Å². The molecule has 0 bridgehead atoms. The second-order valence-electron chi connectivity index (χ2n) is 9.54. The van der Waals surface area contributed by atoms with Gasteiger partial charge in [0.05, 0.1) is 12.7 Å². The van der Waals surface area contributed by atoms with Crippen LogP contribution >= 0.6 is 0 Å². The van der Waals surface area contributed by atoms with E-state index in [1.807, 2.05) is 20.8 Å². The van der Waals surface area contributed by atoms with Crippen molar-refractivity contribution in [2.24, 2.45) is 5.92 Å². The molecule has 9 nitrogen and oxygen atoms in total. The lowest BCUT2D eigenvalue weighted by Gasteiger charge is -2.33. The van der Waals surface area contributed by atoms with Crippen molar-refractivity contribution < 1.29 is 38.5 Å². The number of rotatable bonds is 9. The number of ether oxygens (including phenoxy) is 3. The van der Waals surface area contributed by atoms with Gasteiger partial charge in [0.1, 0.15) is 5.60 Å². The number of likely N-dealkylation sites (tertiary alicyclic amines) is 1. The van der Waals surface area contributed by atoms with Crippen LogP contribution in [0.15, 0.2) is 30.3 Å². The monoisotopic (exact) mass is 477 g/mol. The number of methoxy groups -OCH3 is 1. The van der Waals surface area contributed by atoms with Crippen molar-refractivity contribution in [1.82, 2.24) is 4.90 Å². The molecule has 1 aromatic rings. The molecule has 1 saturated heterocycles. The lowest BCUT2D eigenvalue weighted by Crippen LogP contribution is -2.51. The summed E-state index contributed by atoms with van der Waals surface area (Å²) in [5.41, 5.74) is -2.79. The molecule has 1 N–H and O–H groups in total. The van der Waals surface area contributed by atoms with Crippen LogP contribution in [-0.2, 0) is 23.8 Å². The number of carboxylic acid groups (broad SMARTS) is 1. The zero-order chi connectivity index (χ0) is 25.4. The van der Waals surface area contributed by atoms with Gasteiger partial charge in [-0.3, -0.25) is 0 Å². The van der Waals surface area contributed by atoms with Crippen LogP contribution in [0.4, 0.5) is 4.79 Å². The molecule has 1 fully saturated rings. The molecular weight excluding hydrogens is 442 g/mol. The first-order valence-electron chi connectivity index (χ1n) is 11.6. The van der Waals surface area contributed by atoms with Crippen LogP contribution in [0.1, 0.15) is 69.7 Å². The zero-order valence-corrected chi connectivity index (χ0v) is 20.4. The Bertz CT molecular complexity index is 855. The highest BCUT2D eigenvalue weighted by Gasteiger charge is 2.51. The number of unbranched alkanes of at least 4 members (excludes halogenated alkanes) is 1. The molecule has 1 aromatic carbocycles. The Morgan fingerprint density at radius 3 is 2.15 bits per heavy atom. The van der Waals surface area contributed by atoms with Crippen LogP contribution < -0.4 is 0 Å². The molecule has 1 aliphatic heterocycles. The summed E-state index contributed by atoms with van der Waals surface area (Å²) in [6.07, 6.45) is 2.96. The summed E-state index contributed by atoms with van der Waals surface area (Å²) in [6, 6.07) is 7.90. The van der Waals surface area contributed by atoms with E-state index in [2.05, 4.69) is 4.74 Å². The minimum atomic E-state index is -2.40. The number of carbonyl (C=O) groups excluding carboxylic acids is 3. The van der Waals surface area contributed by atoms with Gasteiger partial charge < -0.3 is 24.2 Å². The molecule has 0 radical (unpaired) electrons. The van der Waals surface area contributed by atoms with Crippen molar-refractivity contribution >= 4 is 24.0 Å². The first-order chi connectivity index (χ1) is 16.0. The van der Waals surface area contributed by atoms with E-state index < -0.39 is 29.1 Å². The van der Waals surface area contributed by atoms with Crippen LogP contribution in [0.5, 0.6) is 0 Å². The predicted octanol–water partition coefficient (Wildman–Crippen LogP) is 4.05. The fourth-order valence-electron chi connectivity index (χ4n) is 3.93. The molecular formula is C25H35NO8. The summed E-state index contributed by atoms with van der Waals surface area (Å²) in [7, 11) is 1.06. The molecule has 1 heterocycles. The Labute approximate surface area is 200 Å². The van der Waals surface area contributed by atoms with Crippen molar-refractivity contribution in [2.45, 2.75) is 70.5 Å². The number of carboxylic acids is 1. The summed E-state index contributed by atoms with van der Waals surface area (Å²) >= 11 is 0. The Balaban J connectivity index is 1.90. The van der Waals surface area contributed by atoms with Gasteiger partial charge in [0.25, 0.3) is 0 Å². The summed E-state index contributed by atoms with van der Waals surface area (Å²) in [5.74, 6) is -3.20. The normalized spacial score (nSPS) is 16.3. The van der Waals surface area contributed by atoms with Gasteiger partial charge in [-0.1, -0.05) is 31.0 Å². The van der Waals surface area contributed by atoms with E-state index in [1.165, 1.54) is 12.1 Å². The first-order valence-corrected chi connectivity index (χ1v) is 11.6. The van der Waals surface area contributed by atoms with Crippen LogP contribution in [0.2, 0.25) is 0 Å². The molecule has 1 aliphatic rings. The van der Waals surface area contributed by atoms with Gasteiger partial charge in [0.2, 0.25) is 0 Å². The van der Waals surface area contributed by atoms with E-state index >= 15 is 0 Å². The highest BCUT2D eigenvalue weighted by Crippen LogP contribution is 2.28. The summed E-state index contributed by atoms with van der Waals surface area (Å²) in [4.78, 5) is 50.9. The highest BCUT2D eigenvalue weighted by atomic mass is 16.6. The molecule has 0 aromatic heterocycles. The van der Waals surface area contributed by atoms with E-state index in [1.54, 1.807) is 23.1 Å². The number of nitrogens with zero attached hydrogens (tertiary/aromatic N) is 1. The van der Waals surface area contributed by atoms with Gasteiger partial charge >= 0.3 is 29.6 Å². The minimum Gasteiger partial charge on any atom is -0.478 e. The van der Waals surface area contributed by atoms with Crippen molar-refractivity contribution in [3.8, 4) is 0 Å². The first kappa shape index (κ1) is 27.1. The van der Waals surface area contributed by atoms with E-state index in [0.29, 0.717) is 31.8 Å². The van der Waals surface area contributed by atoms with E-state index in [9.17, 15) is 24.3 Å². The van der Waals surface area contributed by atoms with Crippen molar-refractivity contribution in [3.05, 3.63) is 35.9 Å². The quantitative estimate of drug-likeness (QED) is 0.245. The van der Waals surface area contributed by atoms with Gasteiger partial charge in [-0.15, -0.1) is 0 Å². The molecule has 0 aliphatic carbocycles. The molecule has 9 heteroatoms. The average Bonchev–Trinajstić information content (AvgIpc) is 2.80. The number of benzene rings is 1. The standard InChI is InChI=1S/C25H35NO8/c1-24(2,3)34-23(31)26-16-13-18(14-17-26)10-8-9-15-25(21(28)29,22(30)32-4)33-20(27)19-11-6-5-7-12-19/h5-7,11-12,18H,8-10,13-17H2,1-4H3,(H,28,29)/t25-/m0/s1. The molecule has 0 spiro atoms. The van der Waals surface area contributed by atoms with Crippen LogP contribution in [0, 0.1) is 5.92 Å². The molecule has 0 saturated carbocycles. The molecule has 34 heavy (non-hydrogen) atoms. The number of hydrogen-bond donors (Lipinski definition) is 1. The van der Waals surface area contributed by atoms with E-state index in [-0.39, 0.29) is 18.1 Å². The highest BCUT2D eigenvalue weighted by molar-refractivity contribution is 6.05. The SMILES string of the molecule is COC(=O)[C@@](CCCCC1CCN(C(=O)OC(C)(C)C)CC1)(OC(=O)c1ccccc1)C(=O)O. The van der Waals surface area contributed by atoms with E-state index in [4.69, 9.17) is 9.47 Å².